The maximum absolute atomic E-state index is 11.3. The summed E-state index contributed by atoms with van der Waals surface area (Å²) in [7, 11) is 1.27. The molecule has 0 saturated carbocycles. The van der Waals surface area contributed by atoms with Crippen LogP contribution < -0.4 is 0 Å². The van der Waals surface area contributed by atoms with Crippen molar-refractivity contribution < 1.29 is 19.4 Å². The first-order valence-corrected chi connectivity index (χ1v) is 4.39. The van der Waals surface area contributed by atoms with Gasteiger partial charge in [-0.25, -0.2) is 9.59 Å². The van der Waals surface area contributed by atoms with Crippen molar-refractivity contribution in [3.63, 3.8) is 0 Å². The third-order valence-corrected chi connectivity index (χ3v) is 2.75. The molecule has 0 heterocycles. The molecule has 2 bridgehead atoms. The maximum atomic E-state index is 11.3. The van der Waals surface area contributed by atoms with Crippen LogP contribution in [0.2, 0.25) is 0 Å². The molecular weight excluding hydrogens is 184 g/mol. The van der Waals surface area contributed by atoms with E-state index in [1.807, 2.05) is 12.2 Å². The standard InChI is InChI=1S/C10H10O4/c1-14-10(13)8-6-3-2-5(4-6)7(8)9(11)12/h2-3,5-6H,4H2,1H3,(H,11,12)/t5-,6-/m1/s1. The number of fused-ring (bicyclic) bond motifs is 2. The first kappa shape index (κ1) is 8.99. The molecule has 0 saturated heterocycles. The van der Waals surface area contributed by atoms with Crippen LogP contribution in [0.25, 0.3) is 0 Å². The first-order chi connectivity index (χ1) is 6.65. The van der Waals surface area contributed by atoms with Crippen molar-refractivity contribution in [2.75, 3.05) is 7.11 Å². The molecule has 0 fully saturated rings. The topological polar surface area (TPSA) is 63.6 Å². The molecule has 2 aliphatic carbocycles. The van der Waals surface area contributed by atoms with E-state index in [1.165, 1.54) is 7.11 Å². The Morgan fingerprint density at radius 3 is 2.43 bits per heavy atom. The average Bonchev–Trinajstić information content (AvgIpc) is 2.74. The highest BCUT2D eigenvalue weighted by Crippen LogP contribution is 2.44. The zero-order chi connectivity index (χ0) is 10.3. The number of methoxy groups -OCH3 is 1. The van der Waals surface area contributed by atoms with Gasteiger partial charge in [0.25, 0.3) is 0 Å². The number of allylic oxidation sites excluding steroid dienone is 2. The highest BCUT2D eigenvalue weighted by atomic mass is 16.5. The first-order valence-electron chi connectivity index (χ1n) is 4.39. The van der Waals surface area contributed by atoms with Crippen molar-refractivity contribution >= 4 is 11.9 Å². The Labute approximate surface area is 80.9 Å². The van der Waals surface area contributed by atoms with Gasteiger partial charge in [0, 0.05) is 11.8 Å². The van der Waals surface area contributed by atoms with E-state index in [9.17, 15) is 9.59 Å². The number of carbonyl (C=O) groups excluding carboxylic acids is 1. The van der Waals surface area contributed by atoms with Gasteiger partial charge in [-0.3, -0.25) is 0 Å². The van der Waals surface area contributed by atoms with E-state index in [0.717, 1.165) is 0 Å². The van der Waals surface area contributed by atoms with Gasteiger partial charge in [-0.1, -0.05) is 12.2 Å². The minimum Gasteiger partial charge on any atom is -0.478 e. The number of esters is 1. The third kappa shape index (κ3) is 1.07. The van der Waals surface area contributed by atoms with Gasteiger partial charge >= 0.3 is 11.9 Å². The minimum absolute atomic E-state index is 0.0569. The van der Waals surface area contributed by atoms with Crippen LogP contribution in [0.4, 0.5) is 0 Å². The summed E-state index contributed by atoms with van der Waals surface area (Å²) in [6.45, 7) is 0. The molecule has 0 aromatic heterocycles. The van der Waals surface area contributed by atoms with E-state index in [-0.39, 0.29) is 17.4 Å². The number of carboxylic acid groups (broad SMARTS) is 1. The summed E-state index contributed by atoms with van der Waals surface area (Å²) in [4.78, 5) is 22.3. The Bertz CT molecular complexity index is 364. The van der Waals surface area contributed by atoms with Gasteiger partial charge in [-0.15, -0.1) is 0 Å². The van der Waals surface area contributed by atoms with E-state index in [2.05, 4.69) is 4.74 Å². The molecule has 14 heavy (non-hydrogen) atoms. The monoisotopic (exact) mass is 194 g/mol. The molecular formula is C10H10O4. The number of hydrogen-bond acceptors (Lipinski definition) is 3. The number of hydrogen-bond donors (Lipinski definition) is 1. The number of ether oxygens (including phenoxy) is 1. The second-order valence-electron chi connectivity index (χ2n) is 3.46. The summed E-state index contributed by atoms with van der Waals surface area (Å²) in [5.41, 5.74) is 0.539. The molecule has 0 aliphatic heterocycles. The van der Waals surface area contributed by atoms with Crippen molar-refractivity contribution in [1.29, 1.82) is 0 Å². The SMILES string of the molecule is COC(=O)C1=C(C(=O)O)[C@@H]2C=C[C@@H]1C2. The van der Waals surface area contributed by atoms with E-state index in [4.69, 9.17) is 5.11 Å². The van der Waals surface area contributed by atoms with Crippen LogP contribution in [-0.4, -0.2) is 24.2 Å². The van der Waals surface area contributed by atoms with Crippen LogP contribution in [0.5, 0.6) is 0 Å². The Hall–Kier alpha value is -1.58. The normalized spacial score (nSPS) is 28.4. The zero-order valence-corrected chi connectivity index (χ0v) is 7.69. The summed E-state index contributed by atoms with van der Waals surface area (Å²) in [6, 6.07) is 0. The highest BCUT2D eigenvalue weighted by molar-refractivity contribution is 6.02. The van der Waals surface area contributed by atoms with Crippen molar-refractivity contribution in [2.45, 2.75) is 6.42 Å². The lowest BCUT2D eigenvalue weighted by Gasteiger charge is -2.10. The summed E-state index contributed by atoms with van der Waals surface area (Å²) in [5.74, 6) is -1.69. The predicted molar refractivity (Wildman–Crippen MR) is 47.4 cm³/mol. The molecule has 0 aromatic carbocycles. The van der Waals surface area contributed by atoms with Crippen LogP contribution >= 0.6 is 0 Å². The van der Waals surface area contributed by atoms with Gasteiger partial charge in [0.1, 0.15) is 0 Å². The van der Waals surface area contributed by atoms with Crippen molar-refractivity contribution in [3.05, 3.63) is 23.3 Å². The third-order valence-electron chi connectivity index (χ3n) is 2.75. The van der Waals surface area contributed by atoms with Crippen LogP contribution in [0.1, 0.15) is 6.42 Å². The highest BCUT2D eigenvalue weighted by Gasteiger charge is 2.42. The van der Waals surface area contributed by atoms with Crippen LogP contribution in [-0.2, 0) is 14.3 Å². The molecule has 1 N–H and O–H groups in total. The van der Waals surface area contributed by atoms with Gasteiger partial charge < -0.3 is 9.84 Å². The van der Waals surface area contributed by atoms with Crippen LogP contribution in [0.15, 0.2) is 23.3 Å². The number of rotatable bonds is 2. The molecule has 74 valence electrons. The van der Waals surface area contributed by atoms with Crippen molar-refractivity contribution in [3.8, 4) is 0 Å². The van der Waals surface area contributed by atoms with E-state index in [1.54, 1.807) is 0 Å². The van der Waals surface area contributed by atoms with Crippen molar-refractivity contribution in [2.24, 2.45) is 11.8 Å². The summed E-state index contributed by atoms with van der Waals surface area (Å²) < 4.78 is 4.57. The molecule has 2 rings (SSSR count). The molecule has 0 aromatic rings. The largest absolute Gasteiger partial charge is 0.478 e. The van der Waals surface area contributed by atoms with Gasteiger partial charge in [0.05, 0.1) is 18.3 Å². The Kier molecular flexibility index (Phi) is 1.91. The molecule has 0 spiro atoms. The minimum atomic E-state index is -1.01. The lowest BCUT2D eigenvalue weighted by molar-refractivity contribution is -0.138. The molecule has 0 unspecified atom stereocenters. The number of carbonyl (C=O) groups is 2. The van der Waals surface area contributed by atoms with Gasteiger partial charge in [-0.05, 0) is 6.42 Å². The molecule has 2 aliphatic rings. The Morgan fingerprint density at radius 2 is 1.93 bits per heavy atom. The van der Waals surface area contributed by atoms with Gasteiger partial charge in [0.15, 0.2) is 0 Å². The predicted octanol–water partition coefficient (Wildman–Crippen LogP) is 0.746. The van der Waals surface area contributed by atoms with E-state index >= 15 is 0 Å². The second kappa shape index (κ2) is 2.97. The molecule has 4 nitrogen and oxygen atoms in total. The number of carboxylic acids is 1. The fraction of sp³-hybridized carbons (Fsp3) is 0.400. The quantitative estimate of drug-likeness (QED) is 0.520. The zero-order valence-electron chi connectivity index (χ0n) is 7.69. The lowest BCUT2D eigenvalue weighted by Crippen LogP contribution is -2.16. The molecule has 0 radical (unpaired) electrons. The molecule has 2 atom stereocenters. The molecule has 4 heteroatoms. The van der Waals surface area contributed by atoms with Crippen LogP contribution in [0.3, 0.4) is 0 Å². The Balaban J connectivity index is 2.43. The molecule has 0 amide bonds. The Morgan fingerprint density at radius 1 is 1.36 bits per heavy atom. The second-order valence-corrected chi connectivity index (χ2v) is 3.46. The average molecular weight is 194 g/mol. The summed E-state index contributed by atoms with van der Waals surface area (Å²) in [6.07, 6.45) is 4.43. The summed E-state index contributed by atoms with van der Waals surface area (Å²) in [5, 5.41) is 8.95. The van der Waals surface area contributed by atoms with Gasteiger partial charge in [-0.2, -0.15) is 0 Å². The fourth-order valence-corrected chi connectivity index (χ4v) is 2.17. The van der Waals surface area contributed by atoms with E-state index < -0.39 is 11.9 Å². The lowest BCUT2D eigenvalue weighted by atomic mass is 9.97. The fourth-order valence-electron chi connectivity index (χ4n) is 2.17. The van der Waals surface area contributed by atoms with Crippen LogP contribution in [0, 0.1) is 11.8 Å². The smallest absolute Gasteiger partial charge is 0.334 e. The van der Waals surface area contributed by atoms with Crippen molar-refractivity contribution in [1.82, 2.24) is 0 Å². The maximum Gasteiger partial charge on any atom is 0.334 e. The summed E-state index contributed by atoms with van der Waals surface area (Å²) >= 11 is 0. The number of aliphatic carboxylic acids is 1. The van der Waals surface area contributed by atoms with Gasteiger partial charge in [0.2, 0.25) is 0 Å². The van der Waals surface area contributed by atoms with E-state index in [0.29, 0.717) is 12.0 Å².